The van der Waals surface area contributed by atoms with E-state index in [2.05, 4.69) is 46.9 Å². The summed E-state index contributed by atoms with van der Waals surface area (Å²) in [6.45, 7) is 13.4. The van der Waals surface area contributed by atoms with Gasteiger partial charge in [-0.05, 0) is 40.2 Å². The van der Waals surface area contributed by atoms with Crippen LogP contribution >= 0.6 is 12.4 Å². The smallest absolute Gasteiger partial charge is 0.225 e. The van der Waals surface area contributed by atoms with Crippen LogP contribution in [0.4, 0.5) is 5.82 Å². The molecule has 5 nitrogen and oxygen atoms in total. The number of rotatable bonds is 7. The molecule has 0 bridgehead atoms. The minimum absolute atomic E-state index is 0. The number of carbonyl (C=O) groups excluding carboxylic acids is 1. The number of halogens is 1. The fourth-order valence-electron chi connectivity index (χ4n) is 2.34. The Labute approximate surface area is 153 Å². The van der Waals surface area contributed by atoms with Gasteiger partial charge >= 0.3 is 0 Å². The molecule has 0 aliphatic carbocycles. The molecule has 0 radical (unpaired) electrons. The first kappa shape index (κ1) is 22.9. The fraction of sp³-hybridized carbons (Fsp3) is 0.778. The third-order valence-corrected chi connectivity index (χ3v) is 3.74. The largest absolute Gasteiger partial charge is 0.330 e. The first-order valence-electron chi connectivity index (χ1n) is 8.66. The van der Waals surface area contributed by atoms with Crippen LogP contribution in [-0.2, 0) is 15.7 Å². The standard InChI is InChI=1S/C18H34N4O.ClH/c1-17(2,3)14-13-15(22(21-14)18(4,5)6)20-16(23)11-9-7-8-10-12-19;/h13H,7-12,19H2,1-6H3,(H,20,23);1H. The molecular weight excluding hydrogens is 324 g/mol. The van der Waals surface area contributed by atoms with Gasteiger partial charge in [-0.15, -0.1) is 12.4 Å². The zero-order valence-corrected chi connectivity index (χ0v) is 16.9. The second-order valence-electron chi connectivity index (χ2n) is 8.25. The number of aromatic nitrogens is 2. The number of carbonyl (C=O) groups is 1. The number of anilines is 1. The van der Waals surface area contributed by atoms with Gasteiger partial charge in [0.25, 0.3) is 0 Å². The summed E-state index contributed by atoms with van der Waals surface area (Å²) in [6, 6.07) is 2.00. The lowest BCUT2D eigenvalue weighted by molar-refractivity contribution is -0.116. The Bertz CT molecular complexity index is 512. The first-order valence-corrected chi connectivity index (χ1v) is 8.66. The quantitative estimate of drug-likeness (QED) is 0.717. The maximum atomic E-state index is 12.2. The lowest BCUT2D eigenvalue weighted by Crippen LogP contribution is -2.27. The third-order valence-electron chi connectivity index (χ3n) is 3.74. The molecule has 0 atom stereocenters. The van der Waals surface area contributed by atoms with Gasteiger partial charge in [0, 0.05) is 17.9 Å². The summed E-state index contributed by atoms with van der Waals surface area (Å²) in [5.74, 6) is 0.845. The molecule has 24 heavy (non-hydrogen) atoms. The maximum absolute atomic E-state index is 12.2. The Balaban J connectivity index is 0.00000529. The van der Waals surface area contributed by atoms with Gasteiger partial charge in [-0.3, -0.25) is 4.79 Å². The Kier molecular flexibility index (Phi) is 9.00. The van der Waals surface area contributed by atoms with Crippen molar-refractivity contribution >= 4 is 24.1 Å². The van der Waals surface area contributed by atoms with E-state index in [4.69, 9.17) is 10.8 Å². The Hall–Kier alpha value is -1.07. The second-order valence-corrected chi connectivity index (χ2v) is 8.25. The molecule has 1 aromatic rings. The number of nitrogens with one attached hydrogen (secondary N) is 1. The van der Waals surface area contributed by atoms with Crippen LogP contribution in [0.2, 0.25) is 0 Å². The van der Waals surface area contributed by atoms with E-state index in [-0.39, 0.29) is 29.3 Å². The van der Waals surface area contributed by atoms with E-state index in [1.807, 2.05) is 10.7 Å². The van der Waals surface area contributed by atoms with Crippen molar-refractivity contribution in [2.75, 3.05) is 11.9 Å². The van der Waals surface area contributed by atoms with Crippen LogP contribution in [0.5, 0.6) is 0 Å². The molecule has 0 aromatic carbocycles. The average Bonchev–Trinajstić information content (AvgIpc) is 2.82. The van der Waals surface area contributed by atoms with E-state index in [1.165, 1.54) is 0 Å². The highest BCUT2D eigenvalue weighted by atomic mass is 35.5. The summed E-state index contributed by atoms with van der Waals surface area (Å²) in [5, 5.41) is 7.75. The highest BCUT2D eigenvalue weighted by molar-refractivity contribution is 5.89. The highest BCUT2D eigenvalue weighted by Crippen LogP contribution is 2.28. The molecule has 0 aliphatic rings. The van der Waals surface area contributed by atoms with E-state index in [9.17, 15) is 4.79 Å². The molecule has 0 unspecified atom stereocenters. The first-order chi connectivity index (χ1) is 10.6. The van der Waals surface area contributed by atoms with Crippen molar-refractivity contribution in [3.63, 3.8) is 0 Å². The monoisotopic (exact) mass is 358 g/mol. The molecule has 0 aliphatic heterocycles. The molecule has 0 fully saturated rings. The van der Waals surface area contributed by atoms with Crippen molar-refractivity contribution in [1.82, 2.24) is 9.78 Å². The number of hydrogen-bond donors (Lipinski definition) is 2. The number of nitrogens with two attached hydrogens (primary N) is 1. The predicted octanol–water partition coefficient (Wildman–Crippen LogP) is 4.21. The summed E-state index contributed by atoms with van der Waals surface area (Å²) < 4.78 is 1.92. The van der Waals surface area contributed by atoms with Gasteiger partial charge in [0.15, 0.2) is 0 Å². The maximum Gasteiger partial charge on any atom is 0.225 e. The zero-order valence-electron chi connectivity index (χ0n) is 16.1. The molecule has 0 saturated heterocycles. The average molecular weight is 359 g/mol. The molecule has 6 heteroatoms. The lowest BCUT2D eigenvalue weighted by atomic mass is 9.92. The van der Waals surface area contributed by atoms with Crippen LogP contribution in [0.25, 0.3) is 0 Å². The Morgan fingerprint density at radius 3 is 2.21 bits per heavy atom. The van der Waals surface area contributed by atoms with Gasteiger partial charge < -0.3 is 11.1 Å². The van der Waals surface area contributed by atoms with Gasteiger partial charge in [0.05, 0.1) is 11.2 Å². The van der Waals surface area contributed by atoms with Gasteiger partial charge in [-0.2, -0.15) is 5.10 Å². The van der Waals surface area contributed by atoms with Crippen LogP contribution in [0.15, 0.2) is 6.07 Å². The van der Waals surface area contributed by atoms with Crippen molar-refractivity contribution in [2.45, 2.75) is 84.6 Å². The van der Waals surface area contributed by atoms with Crippen LogP contribution in [0.1, 0.15) is 79.3 Å². The molecule has 0 saturated carbocycles. The summed E-state index contributed by atoms with van der Waals surface area (Å²) in [5.41, 5.74) is 6.25. The molecule has 1 aromatic heterocycles. The molecule has 0 spiro atoms. The Morgan fingerprint density at radius 2 is 1.71 bits per heavy atom. The summed E-state index contributed by atoms with van der Waals surface area (Å²) in [7, 11) is 0. The van der Waals surface area contributed by atoms with Crippen molar-refractivity contribution in [2.24, 2.45) is 5.73 Å². The van der Waals surface area contributed by atoms with E-state index in [1.54, 1.807) is 0 Å². The summed E-state index contributed by atoms with van der Waals surface area (Å²) in [6.07, 6.45) is 4.63. The summed E-state index contributed by atoms with van der Waals surface area (Å²) in [4.78, 5) is 12.2. The molecule has 1 amide bonds. The fourth-order valence-corrected chi connectivity index (χ4v) is 2.34. The van der Waals surface area contributed by atoms with Gasteiger partial charge in [0.2, 0.25) is 5.91 Å². The molecule has 140 valence electrons. The van der Waals surface area contributed by atoms with E-state index < -0.39 is 0 Å². The van der Waals surface area contributed by atoms with Gasteiger partial charge in [-0.25, -0.2) is 4.68 Å². The lowest BCUT2D eigenvalue weighted by Gasteiger charge is -2.23. The zero-order chi connectivity index (χ0) is 17.7. The molecule has 1 rings (SSSR count). The van der Waals surface area contributed by atoms with Crippen LogP contribution < -0.4 is 11.1 Å². The van der Waals surface area contributed by atoms with Gasteiger partial charge in [0.1, 0.15) is 5.82 Å². The van der Waals surface area contributed by atoms with E-state index in [0.29, 0.717) is 6.42 Å². The topological polar surface area (TPSA) is 72.9 Å². The minimum atomic E-state index is -0.173. The second kappa shape index (κ2) is 9.42. The van der Waals surface area contributed by atoms with Crippen molar-refractivity contribution in [3.05, 3.63) is 11.8 Å². The van der Waals surface area contributed by atoms with Crippen molar-refractivity contribution in [1.29, 1.82) is 0 Å². The summed E-state index contributed by atoms with van der Waals surface area (Å²) >= 11 is 0. The van der Waals surface area contributed by atoms with Crippen LogP contribution in [-0.4, -0.2) is 22.2 Å². The Morgan fingerprint density at radius 1 is 1.12 bits per heavy atom. The number of nitrogens with zero attached hydrogens (tertiary/aromatic N) is 2. The normalized spacial score (nSPS) is 12.0. The SMILES string of the molecule is CC(C)(C)c1cc(NC(=O)CCCCCCN)n(C(C)(C)C)n1.Cl. The number of unbranched alkanes of at least 4 members (excludes halogenated alkanes) is 3. The molecule has 1 heterocycles. The predicted molar refractivity (Wildman–Crippen MR) is 104 cm³/mol. The molecule has 3 N–H and O–H groups in total. The van der Waals surface area contributed by atoms with Gasteiger partial charge in [-0.1, -0.05) is 33.6 Å². The third kappa shape index (κ3) is 7.22. The van der Waals surface area contributed by atoms with E-state index >= 15 is 0 Å². The van der Waals surface area contributed by atoms with Crippen LogP contribution in [0.3, 0.4) is 0 Å². The minimum Gasteiger partial charge on any atom is -0.330 e. The van der Waals surface area contributed by atoms with E-state index in [0.717, 1.165) is 43.7 Å². The highest BCUT2D eigenvalue weighted by Gasteiger charge is 2.25. The van der Waals surface area contributed by atoms with Crippen LogP contribution in [0, 0.1) is 0 Å². The molecular formula is C18H35ClN4O. The number of amides is 1. The number of hydrogen-bond acceptors (Lipinski definition) is 3. The van der Waals surface area contributed by atoms with Crippen molar-refractivity contribution in [3.8, 4) is 0 Å². The van der Waals surface area contributed by atoms with Crippen molar-refractivity contribution < 1.29 is 4.79 Å².